The van der Waals surface area contributed by atoms with Crippen molar-refractivity contribution >= 4 is 5.69 Å². The van der Waals surface area contributed by atoms with Crippen LogP contribution in [0.3, 0.4) is 0 Å². The van der Waals surface area contributed by atoms with Gasteiger partial charge in [-0.1, -0.05) is 0 Å². The Labute approximate surface area is 120 Å². The van der Waals surface area contributed by atoms with Crippen LogP contribution >= 0.6 is 0 Å². The van der Waals surface area contributed by atoms with Gasteiger partial charge in [-0.05, 0) is 92.6 Å². The summed E-state index contributed by atoms with van der Waals surface area (Å²) in [5.74, 6) is -0.203. The summed E-state index contributed by atoms with van der Waals surface area (Å²) in [6, 6.07) is 3.28. The summed E-state index contributed by atoms with van der Waals surface area (Å²) >= 11 is 0. The van der Waals surface area contributed by atoms with Crippen LogP contribution in [-0.4, -0.2) is 0 Å². The summed E-state index contributed by atoms with van der Waals surface area (Å²) in [6.07, 6.45) is 0. The highest BCUT2D eigenvalue weighted by molar-refractivity contribution is 5.77. The van der Waals surface area contributed by atoms with Crippen LogP contribution in [-0.2, 0) is 0 Å². The van der Waals surface area contributed by atoms with E-state index in [-0.39, 0.29) is 5.82 Å². The summed E-state index contributed by atoms with van der Waals surface area (Å²) in [4.78, 5) is 0. The molecule has 2 heteroatoms. The minimum absolute atomic E-state index is 0.203. The van der Waals surface area contributed by atoms with Gasteiger partial charge in [-0.3, -0.25) is 0 Å². The zero-order chi connectivity index (χ0) is 15.2. The van der Waals surface area contributed by atoms with Crippen LogP contribution in [0.25, 0.3) is 11.1 Å². The number of aryl methyl sites for hydroxylation is 1. The SMILES string of the molecule is Cc1cc(F)c(-c2c(C)c(C)c(C)c(C)c2C)cc1N. The Morgan fingerprint density at radius 2 is 1.20 bits per heavy atom. The van der Waals surface area contributed by atoms with Crippen molar-refractivity contribution in [3.63, 3.8) is 0 Å². The summed E-state index contributed by atoms with van der Waals surface area (Å²) in [7, 11) is 0. The molecule has 0 unspecified atom stereocenters. The van der Waals surface area contributed by atoms with E-state index in [1.807, 2.05) is 6.92 Å². The largest absolute Gasteiger partial charge is 0.398 e. The van der Waals surface area contributed by atoms with E-state index < -0.39 is 0 Å². The number of nitrogens with two attached hydrogens (primary N) is 1. The highest BCUT2D eigenvalue weighted by atomic mass is 19.1. The third kappa shape index (κ3) is 2.09. The summed E-state index contributed by atoms with van der Waals surface area (Å²) in [5.41, 5.74) is 15.0. The number of halogens is 1. The Hall–Kier alpha value is -1.83. The van der Waals surface area contributed by atoms with Gasteiger partial charge >= 0.3 is 0 Å². The van der Waals surface area contributed by atoms with E-state index >= 15 is 0 Å². The molecule has 106 valence electrons. The van der Waals surface area contributed by atoms with Gasteiger partial charge in [-0.25, -0.2) is 4.39 Å². The third-order valence-corrected chi connectivity index (χ3v) is 4.63. The molecule has 20 heavy (non-hydrogen) atoms. The van der Waals surface area contributed by atoms with Crippen molar-refractivity contribution in [1.82, 2.24) is 0 Å². The molecule has 0 bridgehead atoms. The highest BCUT2D eigenvalue weighted by Gasteiger charge is 2.17. The van der Waals surface area contributed by atoms with Crippen LogP contribution in [0.4, 0.5) is 10.1 Å². The van der Waals surface area contributed by atoms with Crippen molar-refractivity contribution < 1.29 is 4.39 Å². The number of rotatable bonds is 1. The van der Waals surface area contributed by atoms with Gasteiger partial charge in [0.05, 0.1) is 0 Å². The second-order valence-electron chi connectivity index (χ2n) is 5.69. The lowest BCUT2D eigenvalue weighted by atomic mass is 9.86. The van der Waals surface area contributed by atoms with Crippen LogP contribution in [0.2, 0.25) is 0 Å². The lowest BCUT2D eigenvalue weighted by Crippen LogP contribution is -2.02. The van der Waals surface area contributed by atoms with Gasteiger partial charge in [0.25, 0.3) is 0 Å². The molecule has 2 N–H and O–H groups in total. The minimum Gasteiger partial charge on any atom is -0.398 e. The molecule has 0 heterocycles. The van der Waals surface area contributed by atoms with E-state index in [2.05, 4.69) is 34.6 Å². The van der Waals surface area contributed by atoms with Crippen LogP contribution in [0.1, 0.15) is 33.4 Å². The average molecular weight is 271 g/mol. The standard InChI is InChI=1S/C18H22FN/c1-9-7-16(19)15(8-17(9)20)18-13(5)11(3)10(2)12(4)14(18)6/h7-8H,20H2,1-6H3. The molecule has 0 spiro atoms. The molecule has 0 radical (unpaired) electrons. The van der Waals surface area contributed by atoms with Gasteiger partial charge in [0.1, 0.15) is 5.82 Å². The van der Waals surface area contributed by atoms with E-state index in [9.17, 15) is 4.39 Å². The quantitative estimate of drug-likeness (QED) is 0.731. The molecule has 0 fully saturated rings. The zero-order valence-electron chi connectivity index (χ0n) is 13.1. The van der Waals surface area contributed by atoms with E-state index in [0.29, 0.717) is 11.3 Å². The van der Waals surface area contributed by atoms with Crippen molar-refractivity contribution in [3.8, 4) is 11.1 Å². The second-order valence-corrected chi connectivity index (χ2v) is 5.69. The first-order valence-electron chi connectivity index (χ1n) is 6.88. The van der Waals surface area contributed by atoms with Gasteiger partial charge in [0.15, 0.2) is 0 Å². The summed E-state index contributed by atoms with van der Waals surface area (Å²) in [5, 5.41) is 0. The van der Waals surface area contributed by atoms with Crippen LogP contribution in [0.15, 0.2) is 12.1 Å². The van der Waals surface area contributed by atoms with Gasteiger partial charge in [-0.15, -0.1) is 0 Å². The first kappa shape index (κ1) is 14.6. The second kappa shape index (κ2) is 4.93. The lowest BCUT2D eigenvalue weighted by molar-refractivity contribution is 0.630. The van der Waals surface area contributed by atoms with Crippen molar-refractivity contribution in [1.29, 1.82) is 0 Å². The number of hydrogen-bond donors (Lipinski definition) is 1. The van der Waals surface area contributed by atoms with E-state index in [0.717, 1.165) is 22.3 Å². The van der Waals surface area contributed by atoms with Gasteiger partial charge < -0.3 is 5.73 Å². The monoisotopic (exact) mass is 271 g/mol. The van der Waals surface area contributed by atoms with Crippen LogP contribution in [0.5, 0.6) is 0 Å². The molecule has 0 aliphatic heterocycles. The van der Waals surface area contributed by atoms with Crippen LogP contribution in [0, 0.1) is 47.4 Å². The van der Waals surface area contributed by atoms with Gasteiger partial charge in [0, 0.05) is 11.3 Å². The molecule has 2 aromatic rings. The average Bonchev–Trinajstić information content (AvgIpc) is 2.40. The van der Waals surface area contributed by atoms with Crippen molar-refractivity contribution in [2.24, 2.45) is 0 Å². The Morgan fingerprint density at radius 3 is 1.70 bits per heavy atom. The first-order chi connectivity index (χ1) is 9.25. The smallest absolute Gasteiger partial charge is 0.131 e. The first-order valence-corrected chi connectivity index (χ1v) is 6.88. The number of anilines is 1. The summed E-state index contributed by atoms with van der Waals surface area (Å²) < 4.78 is 14.4. The topological polar surface area (TPSA) is 26.0 Å². The molecule has 0 aromatic heterocycles. The van der Waals surface area contributed by atoms with Crippen LogP contribution < -0.4 is 5.73 Å². The van der Waals surface area contributed by atoms with Gasteiger partial charge in [-0.2, -0.15) is 0 Å². The molecule has 2 aromatic carbocycles. The lowest BCUT2D eigenvalue weighted by Gasteiger charge is -2.20. The number of hydrogen-bond acceptors (Lipinski definition) is 1. The highest BCUT2D eigenvalue weighted by Crippen LogP contribution is 2.36. The fraction of sp³-hybridized carbons (Fsp3) is 0.333. The molecule has 1 nitrogen and oxygen atoms in total. The molecule has 0 aliphatic rings. The molecular formula is C18H22FN. The maximum Gasteiger partial charge on any atom is 0.131 e. The maximum absolute atomic E-state index is 14.4. The van der Waals surface area contributed by atoms with Crippen molar-refractivity contribution in [3.05, 3.63) is 51.3 Å². The normalized spacial score (nSPS) is 10.9. The molecule has 0 aliphatic carbocycles. The van der Waals surface area contributed by atoms with E-state index in [1.165, 1.54) is 22.8 Å². The molecule has 0 saturated carbocycles. The fourth-order valence-electron chi connectivity index (χ4n) is 2.79. The number of nitrogen functional groups attached to an aromatic ring is 1. The molecular weight excluding hydrogens is 249 g/mol. The van der Waals surface area contributed by atoms with Crippen molar-refractivity contribution in [2.75, 3.05) is 5.73 Å². The van der Waals surface area contributed by atoms with E-state index in [4.69, 9.17) is 5.73 Å². The predicted octanol–water partition coefficient (Wildman–Crippen LogP) is 4.93. The Morgan fingerprint density at radius 1 is 0.750 bits per heavy atom. The Bertz CT molecular complexity index is 670. The molecule has 0 amide bonds. The van der Waals surface area contributed by atoms with Crippen molar-refractivity contribution in [2.45, 2.75) is 41.5 Å². The Balaban J connectivity index is 2.87. The zero-order valence-corrected chi connectivity index (χ0v) is 13.1. The number of benzene rings is 2. The minimum atomic E-state index is -0.203. The summed E-state index contributed by atoms with van der Waals surface area (Å²) in [6.45, 7) is 12.2. The third-order valence-electron chi connectivity index (χ3n) is 4.63. The molecule has 2 rings (SSSR count). The van der Waals surface area contributed by atoms with E-state index in [1.54, 1.807) is 6.07 Å². The predicted molar refractivity (Wildman–Crippen MR) is 84.7 cm³/mol. The molecule has 0 saturated heterocycles. The van der Waals surface area contributed by atoms with Gasteiger partial charge in [0.2, 0.25) is 0 Å². The Kier molecular flexibility index (Phi) is 3.59. The fourth-order valence-corrected chi connectivity index (χ4v) is 2.79. The maximum atomic E-state index is 14.4. The molecule has 0 atom stereocenters.